The maximum atomic E-state index is 14.9. The monoisotopic (exact) mass is 380 g/mol. The first-order valence-electron chi connectivity index (χ1n) is 9.75. The van der Waals surface area contributed by atoms with E-state index in [9.17, 15) is 9.18 Å². The Morgan fingerprint density at radius 3 is 2.89 bits per heavy atom. The molecule has 4 rings (SSSR count). The molecule has 1 aliphatic carbocycles. The van der Waals surface area contributed by atoms with Gasteiger partial charge in [0.05, 0.1) is 29.0 Å². The average molecular weight is 380 g/mol. The number of fused-ring (bicyclic) bond motifs is 1. The molecule has 0 spiro atoms. The third kappa shape index (κ3) is 3.13. The number of aryl methyl sites for hydroxylation is 1. The number of primary amides is 1. The van der Waals surface area contributed by atoms with Gasteiger partial charge in [-0.05, 0) is 49.8 Å². The van der Waals surface area contributed by atoms with Gasteiger partial charge in [-0.1, -0.05) is 31.2 Å². The molecular weight excluding hydrogens is 355 g/mol. The number of nitrogens with zero attached hydrogens (tertiary/aromatic N) is 2. The summed E-state index contributed by atoms with van der Waals surface area (Å²) in [6.07, 6.45) is 6.34. The van der Waals surface area contributed by atoms with Crippen molar-refractivity contribution in [2.24, 2.45) is 5.73 Å². The van der Waals surface area contributed by atoms with Crippen molar-refractivity contribution < 1.29 is 9.18 Å². The Morgan fingerprint density at radius 2 is 2.21 bits per heavy atom. The molecule has 2 aromatic heterocycles. The van der Waals surface area contributed by atoms with Crippen LogP contribution in [0.1, 0.15) is 49.0 Å². The zero-order valence-corrected chi connectivity index (χ0v) is 16.2. The highest BCUT2D eigenvalue weighted by atomic mass is 19.1. The lowest BCUT2D eigenvalue weighted by Crippen LogP contribution is -2.36. The van der Waals surface area contributed by atoms with Gasteiger partial charge in [-0.15, -0.1) is 0 Å². The SMILES string of the molecule is CCc1ccccc1-c1cc2c(NC3CCCC3(C)F)c(C(N)=O)cnn2c1. The summed E-state index contributed by atoms with van der Waals surface area (Å²) in [5, 5.41) is 7.64. The molecule has 0 saturated heterocycles. The Balaban J connectivity index is 1.85. The summed E-state index contributed by atoms with van der Waals surface area (Å²) in [6, 6.07) is 9.83. The van der Waals surface area contributed by atoms with Crippen LogP contribution < -0.4 is 11.1 Å². The molecule has 1 amide bonds. The summed E-state index contributed by atoms with van der Waals surface area (Å²) in [6.45, 7) is 3.73. The second kappa shape index (κ2) is 6.93. The minimum atomic E-state index is -1.32. The number of rotatable bonds is 5. The molecule has 1 aromatic carbocycles. The second-order valence-corrected chi connectivity index (χ2v) is 7.73. The van der Waals surface area contributed by atoms with Crippen molar-refractivity contribution >= 4 is 17.1 Å². The van der Waals surface area contributed by atoms with Gasteiger partial charge in [0.15, 0.2) is 0 Å². The van der Waals surface area contributed by atoms with Crippen molar-refractivity contribution in [3.63, 3.8) is 0 Å². The van der Waals surface area contributed by atoms with Crippen molar-refractivity contribution in [2.75, 3.05) is 5.32 Å². The molecule has 1 saturated carbocycles. The predicted octanol–water partition coefficient (Wildman–Crippen LogP) is 4.36. The minimum Gasteiger partial charge on any atom is -0.377 e. The van der Waals surface area contributed by atoms with E-state index in [4.69, 9.17) is 5.73 Å². The lowest BCUT2D eigenvalue weighted by molar-refractivity contribution is 0.1000. The lowest BCUT2D eigenvalue weighted by atomic mass is 10.00. The molecule has 2 unspecified atom stereocenters. The number of nitrogens with one attached hydrogen (secondary N) is 1. The smallest absolute Gasteiger partial charge is 0.252 e. The van der Waals surface area contributed by atoms with Gasteiger partial charge in [-0.3, -0.25) is 4.79 Å². The number of anilines is 1. The largest absolute Gasteiger partial charge is 0.377 e. The highest BCUT2D eigenvalue weighted by Crippen LogP contribution is 2.37. The van der Waals surface area contributed by atoms with Crippen LogP contribution in [0.2, 0.25) is 0 Å². The van der Waals surface area contributed by atoms with E-state index in [-0.39, 0.29) is 11.6 Å². The van der Waals surface area contributed by atoms with Gasteiger partial charge in [0.1, 0.15) is 5.67 Å². The summed E-state index contributed by atoms with van der Waals surface area (Å²) in [7, 11) is 0. The number of amides is 1. The topological polar surface area (TPSA) is 72.4 Å². The Morgan fingerprint density at radius 1 is 1.43 bits per heavy atom. The van der Waals surface area contributed by atoms with Crippen LogP contribution in [0.25, 0.3) is 16.6 Å². The van der Waals surface area contributed by atoms with E-state index < -0.39 is 11.6 Å². The van der Waals surface area contributed by atoms with Gasteiger partial charge in [-0.2, -0.15) is 5.10 Å². The molecule has 0 aliphatic heterocycles. The number of carbonyl (C=O) groups is 1. The predicted molar refractivity (Wildman–Crippen MR) is 109 cm³/mol. The number of hydrogen-bond acceptors (Lipinski definition) is 3. The Labute approximate surface area is 163 Å². The summed E-state index contributed by atoms with van der Waals surface area (Å²) in [4.78, 5) is 12.0. The number of hydrogen-bond donors (Lipinski definition) is 2. The molecule has 1 fully saturated rings. The van der Waals surface area contributed by atoms with E-state index in [1.54, 1.807) is 11.4 Å². The van der Waals surface area contributed by atoms with Gasteiger partial charge in [0.2, 0.25) is 0 Å². The van der Waals surface area contributed by atoms with E-state index in [1.165, 1.54) is 11.8 Å². The van der Waals surface area contributed by atoms with Crippen molar-refractivity contribution in [1.82, 2.24) is 9.61 Å². The van der Waals surface area contributed by atoms with Crippen LogP contribution in [0.15, 0.2) is 42.7 Å². The standard InChI is InChI=1S/C22H25FN4O/c1-3-14-7-4-5-8-16(14)15-11-18-20(26-19-9-6-10-22(19,2)23)17(21(24)28)12-25-27(18)13-15/h4-5,7-8,11-13,19,26H,3,6,9-10H2,1-2H3,(H2,24,28). The van der Waals surface area contributed by atoms with Gasteiger partial charge in [0.25, 0.3) is 5.91 Å². The molecular formula is C22H25FN4O. The Kier molecular flexibility index (Phi) is 4.57. The number of alkyl halides is 1. The van der Waals surface area contributed by atoms with Crippen molar-refractivity contribution in [2.45, 2.75) is 51.2 Å². The van der Waals surface area contributed by atoms with Gasteiger partial charge in [-0.25, -0.2) is 8.91 Å². The van der Waals surface area contributed by atoms with Crippen LogP contribution in [-0.4, -0.2) is 27.2 Å². The highest BCUT2D eigenvalue weighted by molar-refractivity contribution is 6.02. The zero-order valence-electron chi connectivity index (χ0n) is 16.2. The lowest BCUT2D eigenvalue weighted by Gasteiger charge is -2.26. The molecule has 6 heteroatoms. The molecule has 3 N–H and O–H groups in total. The molecule has 3 aromatic rings. The first-order valence-corrected chi connectivity index (χ1v) is 9.75. The third-order valence-corrected chi connectivity index (χ3v) is 5.82. The van der Waals surface area contributed by atoms with Crippen LogP contribution in [0.5, 0.6) is 0 Å². The molecule has 2 heterocycles. The van der Waals surface area contributed by atoms with Crippen LogP contribution in [0, 0.1) is 0 Å². The van der Waals surface area contributed by atoms with Crippen LogP contribution >= 0.6 is 0 Å². The number of halogens is 1. The average Bonchev–Trinajstić information content (AvgIpc) is 3.25. The fourth-order valence-corrected chi connectivity index (χ4v) is 4.18. The normalized spacial score (nSPS) is 21.9. The molecule has 0 bridgehead atoms. The first-order chi connectivity index (χ1) is 13.4. The maximum Gasteiger partial charge on any atom is 0.252 e. The van der Waals surface area contributed by atoms with Crippen molar-refractivity contribution in [3.05, 3.63) is 53.9 Å². The van der Waals surface area contributed by atoms with E-state index in [2.05, 4.69) is 29.5 Å². The van der Waals surface area contributed by atoms with E-state index in [0.29, 0.717) is 18.5 Å². The number of carbonyl (C=O) groups excluding carboxylic acids is 1. The Bertz CT molecular complexity index is 1040. The van der Waals surface area contributed by atoms with Gasteiger partial charge >= 0.3 is 0 Å². The second-order valence-electron chi connectivity index (χ2n) is 7.73. The summed E-state index contributed by atoms with van der Waals surface area (Å²) < 4.78 is 16.6. The molecule has 28 heavy (non-hydrogen) atoms. The third-order valence-electron chi connectivity index (χ3n) is 5.82. The number of aromatic nitrogens is 2. The molecule has 0 radical (unpaired) electrons. The summed E-state index contributed by atoms with van der Waals surface area (Å²) >= 11 is 0. The summed E-state index contributed by atoms with van der Waals surface area (Å²) in [5.74, 6) is -0.576. The van der Waals surface area contributed by atoms with E-state index >= 15 is 0 Å². The van der Waals surface area contributed by atoms with Crippen LogP contribution in [0.4, 0.5) is 10.1 Å². The molecule has 146 valence electrons. The first kappa shape index (κ1) is 18.5. The fraction of sp³-hybridized carbons (Fsp3) is 0.364. The van der Waals surface area contributed by atoms with Crippen LogP contribution in [-0.2, 0) is 6.42 Å². The quantitative estimate of drug-likeness (QED) is 0.691. The van der Waals surface area contributed by atoms with Crippen molar-refractivity contribution in [3.8, 4) is 11.1 Å². The zero-order chi connectivity index (χ0) is 19.9. The molecule has 1 aliphatic rings. The fourth-order valence-electron chi connectivity index (χ4n) is 4.18. The molecule has 5 nitrogen and oxygen atoms in total. The van der Waals surface area contributed by atoms with Crippen LogP contribution in [0.3, 0.4) is 0 Å². The van der Waals surface area contributed by atoms with Gasteiger partial charge < -0.3 is 11.1 Å². The van der Waals surface area contributed by atoms with E-state index in [0.717, 1.165) is 29.5 Å². The number of nitrogens with two attached hydrogens (primary N) is 1. The Hall–Kier alpha value is -2.89. The maximum absolute atomic E-state index is 14.9. The van der Waals surface area contributed by atoms with Gasteiger partial charge in [0, 0.05) is 11.8 Å². The molecule has 2 atom stereocenters. The van der Waals surface area contributed by atoms with Crippen molar-refractivity contribution in [1.29, 1.82) is 0 Å². The van der Waals surface area contributed by atoms with E-state index in [1.807, 2.05) is 24.4 Å². The summed E-state index contributed by atoms with van der Waals surface area (Å²) in [5.41, 5.74) is 9.19. The minimum absolute atomic E-state index is 0.281. The number of benzene rings is 1. The highest BCUT2D eigenvalue weighted by Gasteiger charge is 2.39.